The zero-order chi connectivity index (χ0) is 16.2. The van der Waals surface area contributed by atoms with E-state index in [1.165, 1.54) is 11.1 Å². The molecule has 2 aromatic carbocycles. The monoisotopic (exact) mass is 305 g/mol. The maximum Gasteiger partial charge on any atom is 0.230 e. The number of hydrogen-bond acceptors (Lipinski definition) is 1. The summed E-state index contributed by atoms with van der Waals surface area (Å²) in [6, 6.07) is 18.2. The van der Waals surface area contributed by atoms with E-state index < -0.39 is 0 Å². The zero-order valence-electron chi connectivity index (χ0n) is 13.6. The number of rotatable bonds is 5. The Balaban J connectivity index is 1.78. The Kier molecular flexibility index (Phi) is 4.38. The van der Waals surface area contributed by atoms with Crippen LogP contribution < -0.4 is 4.68 Å². The number of carbonyl (C=O) groups excluding carboxylic acids is 1. The number of aryl methyl sites for hydroxylation is 2. The molecule has 23 heavy (non-hydrogen) atoms. The third-order valence-corrected chi connectivity index (χ3v) is 4.14. The largest absolute Gasteiger partial charge is 0.292 e. The minimum absolute atomic E-state index is 0.211. The van der Waals surface area contributed by atoms with Crippen LogP contribution in [0.3, 0.4) is 0 Å². The van der Waals surface area contributed by atoms with Crippen molar-refractivity contribution in [2.24, 2.45) is 0 Å². The highest BCUT2D eigenvalue weighted by Gasteiger charge is 2.17. The molecule has 0 saturated heterocycles. The molecule has 3 aromatic rings. The van der Waals surface area contributed by atoms with Crippen LogP contribution in [-0.2, 0) is 17.8 Å². The molecule has 0 aliphatic rings. The quantitative estimate of drug-likeness (QED) is 0.665. The van der Waals surface area contributed by atoms with E-state index in [1.54, 1.807) is 0 Å². The fourth-order valence-corrected chi connectivity index (χ4v) is 2.88. The van der Waals surface area contributed by atoms with Gasteiger partial charge in [-0.2, -0.15) is 0 Å². The molecule has 0 radical (unpaired) electrons. The van der Waals surface area contributed by atoms with E-state index in [4.69, 9.17) is 0 Å². The van der Waals surface area contributed by atoms with Gasteiger partial charge in [-0.1, -0.05) is 36.4 Å². The van der Waals surface area contributed by atoms with Crippen molar-refractivity contribution in [1.29, 1.82) is 0 Å². The summed E-state index contributed by atoms with van der Waals surface area (Å²) in [7, 11) is 0. The van der Waals surface area contributed by atoms with Gasteiger partial charge in [0.2, 0.25) is 12.3 Å². The van der Waals surface area contributed by atoms with E-state index in [-0.39, 0.29) is 5.78 Å². The van der Waals surface area contributed by atoms with E-state index in [9.17, 15) is 4.79 Å². The average Bonchev–Trinajstić information content (AvgIpc) is 3.00. The highest BCUT2D eigenvalue weighted by atomic mass is 16.1. The Morgan fingerprint density at radius 1 is 0.957 bits per heavy atom. The molecule has 3 heteroatoms. The summed E-state index contributed by atoms with van der Waals surface area (Å²) in [6.07, 6.45) is 4.39. The number of aromatic nitrogens is 2. The Bertz CT molecular complexity index is 798. The van der Waals surface area contributed by atoms with Crippen LogP contribution in [0.5, 0.6) is 0 Å². The Hall–Kier alpha value is -2.68. The third-order valence-electron chi connectivity index (χ3n) is 4.14. The molecule has 116 valence electrons. The maximum atomic E-state index is 12.5. The lowest BCUT2D eigenvalue weighted by Crippen LogP contribution is -2.45. The highest BCUT2D eigenvalue weighted by Crippen LogP contribution is 2.14. The van der Waals surface area contributed by atoms with Crippen molar-refractivity contribution in [3.63, 3.8) is 0 Å². The standard InChI is InChI=1S/C20H21N2O/c1-16-8-6-9-17(2)20(16)14-19(23)15-21-12-7-13-22(21)18-10-4-3-5-11-18/h3-13H,14-15H2,1-2H3/q+1. The SMILES string of the molecule is Cc1cccc(C)c1CC(=O)C[n+]1cccn1-c1ccccc1. The second-order valence-corrected chi connectivity index (χ2v) is 5.85. The number of carbonyl (C=O) groups is 1. The van der Waals surface area contributed by atoms with E-state index in [0.29, 0.717) is 13.0 Å². The van der Waals surface area contributed by atoms with Crippen LogP contribution in [0.25, 0.3) is 5.69 Å². The Labute approximate surface area is 136 Å². The molecule has 3 rings (SSSR count). The van der Waals surface area contributed by atoms with Crippen molar-refractivity contribution >= 4 is 5.78 Å². The minimum Gasteiger partial charge on any atom is -0.292 e. The number of para-hydroxylation sites is 1. The summed E-state index contributed by atoms with van der Waals surface area (Å²) >= 11 is 0. The van der Waals surface area contributed by atoms with Crippen molar-refractivity contribution in [3.8, 4) is 5.69 Å². The van der Waals surface area contributed by atoms with Gasteiger partial charge in [0.15, 0.2) is 6.20 Å². The summed E-state index contributed by atoms with van der Waals surface area (Å²) in [5, 5.41) is 0. The first-order chi connectivity index (χ1) is 11.1. The third kappa shape index (κ3) is 3.39. The summed E-state index contributed by atoms with van der Waals surface area (Å²) < 4.78 is 3.95. The first kappa shape index (κ1) is 15.2. The first-order valence-electron chi connectivity index (χ1n) is 7.84. The molecule has 1 aromatic heterocycles. The van der Waals surface area contributed by atoms with Crippen LogP contribution in [0.15, 0.2) is 67.0 Å². The molecule has 0 bridgehead atoms. The van der Waals surface area contributed by atoms with E-state index in [2.05, 4.69) is 26.0 Å². The number of benzene rings is 2. The molecule has 0 aliphatic heterocycles. The molecule has 0 unspecified atom stereocenters. The van der Waals surface area contributed by atoms with Crippen LogP contribution in [0, 0.1) is 13.8 Å². The summed E-state index contributed by atoms with van der Waals surface area (Å²) in [5.74, 6) is 0.211. The topological polar surface area (TPSA) is 25.9 Å². The second kappa shape index (κ2) is 6.61. The average molecular weight is 305 g/mol. The Morgan fingerprint density at radius 3 is 2.35 bits per heavy atom. The zero-order valence-corrected chi connectivity index (χ0v) is 13.6. The summed E-state index contributed by atoms with van der Waals surface area (Å²) in [5.41, 5.74) is 4.57. The molecule has 0 saturated carbocycles. The molecular weight excluding hydrogens is 284 g/mol. The first-order valence-corrected chi connectivity index (χ1v) is 7.84. The molecule has 1 heterocycles. The van der Waals surface area contributed by atoms with Crippen LogP contribution in [0.2, 0.25) is 0 Å². The number of Topliss-reactive ketones (excluding diaryl/α,β-unsaturated/α-hetero) is 1. The van der Waals surface area contributed by atoms with Crippen molar-refractivity contribution in [3.05, 3.63) is 83.7 Å². The smallest absolute Gasteiger partial charge is 0.230 e. The fraction of sp³-hybridized carbons (Fsp3) is 0.200. The van der Waals surface area contributed by atoms with Gasteiger partial charge in [0.25, 0.3) is 0 Å². The fourth-order valence-electron chi connectivity index (χ4n) is 2.88. The van der Waals surface area contributed by atoms with E-state index >= 15 is 0 Å². The number of hydrogen-bond donors (Lipinski definition) is 0. The van der Waals surface area contributed by atoms with E-state index in [0.717, 1.165) is 11.3 Å². The number of nitrogens with zero attached hydrogens (tertiary/aromatic N) is 2. The number of ketones is 1. The molecule has 0 atom stereocenters. The molecule has 3 nitrogen and oxygen atoms in total. The van der Waals surface area contributed by atoms with Crippen LogP contribution in [-0.4, -0.2) is 10.5 Å². The van der Waals surface area contributed by atoms with Gasteiger partial charge in [-0.15, -0.1) is 9.36 Å². The van der Waals surface area contributed by atoms with Crippen molar-refractivity contribution in [1.82, 2.24) is 4.68 Å². The van der Waals surface area contributed by atoms with Gasteiger partial charge in [-0.3, -0.25) is 4.79 Å². The normalized spacial score (nSPS) is 10.7. The van der Waals surface area contributed by atoms with Gasteiger partial charge in [0.05, 0.1) is 6.20 Å². The second-order valence-electron chi connectivity index (χ2n) is 5.85. The summed E-state index contributed by atoms with van der Waals surface area (Å²) in [6.45, 7) is 4.50. The minimum atomic E-state index is 0.211. The maximum absolute atomic E-state index is 12.5. The van der Waals surface area contributed by atoms with Gasteiger partial charge >= 0.3 is 0 Å². The van der Waals surface area contributed by atoms with Crippen molar-refractivity contribution < 1.29 is 9.48 Å². The molecule has 0 fully saturated rings. The molecule has 0 amide bonds. The van der Waals surface area contributed by atoms with Gasteiger partial charge in [0.1, 0.15) is 5.69 Å². The predicted octanol–water partition coefficient (Wildman–Crippen LogP) is 3.19. The van der Waals surface area contributed by atoms with Crippen LogP contribution in [0.4, 0.5) is 0 Å². The molecular formula is C20H21N2O+. The van der Waals surface area contributed by atoms with Crippen LogP contribution >= 0.6 is 0 Å². The van der Waals surface area contributed by atoms with Crippen molar-refractivity contribution in [2.45, 2.75) is 26.8 Å². The van der Waals surface area contributed by atoms with Crippen LogP contribution in [0.1, 0.15) is 16.7 Å². The summed E-state index contributed by atoms with van der Waals surface area (Å²) in [4.78, 5) is 12.5. The van der Waals surface area contributed by atoms with Crippen molar-refractivity contribution in [2.75, 3.05) is 0 Å². The molecule has 0 aliphatic carbocycles. The van der Waals surface area contributed by atoms with E-state index in [1.807, 2.05) is 64.2 Å². The Morgan fingerprint density at radius 2 is 1.65 bits per heavy atom. The van der Waals surface area contributed by atoms with Gasteiger partial charge in [-0.25, -0.2) is 0 Å². The lowest BCUT2D eigenvalue weighted by Gasteiger charge is -2.08. The molecule has 0 spiro atoms. The highest BCUT2D eigenvalue weighted by molar-refractivity contribution is 5.80. The lowest BCUT2D eigenvalue weighted by molar-refractivity contribution is -0.755. The lowest BCUT2D eigenvalue weighted by atomic mass is 9.98. The molecule has 0 N–H and O–H groups in total. The predicted molar refractivity (Wildman–Crippen MR) is 90.6 cm³/mol. The van der Waals surface area contributed by atoms with Gasteiger partial charge < -0.3 is 0 Å². The van der Waals surface area contributed by atoms with Gasteiger partial charge in [0, 0.05) is 12.5 Å². The van der Waals surface area contributed by atoms with Gasteiger partial charge in [-0.05, 0) is 42.7 Å².